The maximum Gasteiger partial charge on any atom is 0.321 e. The van der Waals surface area contributed by atoms with Gasteiger partial charge in [0.25, 0.3) is 0 Å². The number of hydrogen-bond donors (Lipinski definition) is 0. The summed E-state index contributed by atoms with van der Waals surface area (Å²) in [6.45, 7) is 2.00. The molecule has 8 heavy (non-hydrogen) atoms. The van der Waals surface area contributed by atoms with Crippen molar-refractivity contribution in [2.45, 2.75) is 26.2 Å². The number of hydrogen-bond acceptors (Lipinski definition) is 0. The van der Waals surface area contributed by atoms with E-state index in [1.807, 2.05) is 6.92 Å². The lowest BCUT2D eigenvalue weighted by Crippen LogP contribution is -1.68. The van der Waals surface area contributed by atoms with E-state index in [0.717, 1.165) is 18.9 Å². The van der Waals surface area contributed by atoms with Gasteiger partial charge in [-0.05, 0) is 18.9 Å². The van der Waals surface area contributed by atoms with Crippen LogP contribution in [0.2, 0.25) is 0 Å². The molecule has 0 aromatic carbocycles. The number of unbranched alkanes of at least 4 members (excludes halogenated alkanes) is 2. The first-order valence-electron chi connectivity index (χ1n) is 2.80. The Bertz CT molecular complexity index is 74.6. The third kappa shape index (κ3) is 5.47. The van der Waals surface area contributed by atoms with Gasteiger partial charge in [-0.2, -0.15) is 4.39 Å². The van der Waals surface area contributed by atoms with Gasteiger partial charge in [-0.25, -0.2) is 0 Å². The largest absolute Gasteiger partial charge is 0.321 e. The topological polar surface area (TPSA) is 19.9 Å². The van der Waals surface area contributed by atoms with Crippen LogP contribution in [0.4, 0.5) is 4.39 Å². The molecule has 0 heterocycles. The maximum absolute atomic E-state index is 11.3. The third-order valence-corrected chi connectivity index (χ3v) is 0.863. The van der Waals surface area contributed by atoms with Crippen molar-refractivity contribution >= 4 is 0 Å². The summed E-state index contributed by atoms with van der Waals surface area (Å²) in [4.78, 5) is 0. The highest BCUT2D eigenvalue weighted by Gasteiger charge is 1.86. The molecule has 0 saturated carbocycles. The Balaban J connectivity index is 3.03. The number of rotatable bonds is 3. The molecule has 0 unspecified atom stereocenters. The van der Waals surface area contributed by atoms with Crippen molar-refractivity contribution in [1.82, 2.24) is 0 Å². The van der Waals surface area contributed by atoms with Crippen LogP contribution >= 0.6 is 0 Å². The van der Waals surface area contributed by atoms with Crippen molar-refractivity contribution in [2.24, 2.45) is 0 Å². The minimum atomic E-state index is -1.31. The molecule has 47 valence electrons. The van der Waals surface area contributed by atoms with E-state index in [-0.39, 0.29) is 0 Å². The monoisotopic (exact) mass is 117 g/mol. The van der Waals surface area contributed by atoms with Crippen molar-refractivity contribution in [2.75, 3.05) is 0 Å². The quantitative estimate of drug-likeness (QED) is 0.399. The zero-order chi connectivity index (χ0) is 6.41. The molecule has 0 aliphatic heterocycles. The summed E-state index contributed by atoms with van der Waals surface area (Å²) in [6.07, 6.45) is 3.55. The minimum absolute atomic E-state index is 0.575. The Labute approximate surface area is 48.8 Å². The van der Waals surface area contributed by atoms with Gasteiger partial charge in [-0.15, -0.1) is 0 Å². The van der Waals surface area contributed by atoms with Gasteiger partial charge in [0.1, 0.15) is 0 Å². The molecule has 0 aromatic heterocycles. The summed E-state index contributed by atoms with van der Waals surface area (Å²) in [5, 5.41) is 9.60. The second-order valence-electron chi connectivity index (χ2n) is 1.65. The fourth-order valence-electron chi connectivity index (χ4n) is 0.420. The van der Waals surface area contributed by atoms with Crippen molar-refractivity contribution < 1.29 is 9.50 Å². The second kappa shape index (κ2) is 4.62. The van der Waals surface area contributed by atoms with E-state index in [2.05, 4.69) is 0 Å². The molecule has 0 spiro atoms. The van der Waals surface area contributed by atoms with E-state index in [4.69, 9.17) is 0 Å². The first-order valence-corrected chi connectivity index (χ1v) is 2.80. The predicted molar refractivity (Wildman–Crippen MR) is 29.4 cm³/mol. The van der Waals surface area contributed by atoms with Gasteiger partial charge >= 0.3 is 6.01 Å². The summed E-state index contributed by atoms with van der Waals surface area (Å²) in [5.74, 6) is 0. The molecule has 0 bridgehead atoms. The van der Waals surface area contributed by atoms with Crippen LogP contribution in [0.15, 0.2) is 12.1 Å². The Hall–Kier alpha value is -0.530. The first-order chi connectivity index (χ1) is 3.77. The average molecular weight is 117 g/mol. The maximum atomic E-state index is 11.3. The van der Waals surface area contributed by atoms with Gasteiger partial charge in [0.15, 0.2) is 0 Å². The lowest BCUT2D eigenvalue weighted by atomic mass is 10.2. The molecule has 1 nitrogen and oxygen atoms in total. The molecule has 0 saturated heterocycles. The predicted octanol–water partition coefficient (Wildman–Crippen LogP) is 2.42. The summed E-state index contributed by atoms with van der Waals surface area (Å²) in [5.41, 5.74) is 0. The van der Waals surface area contributed by atoms with Crippen molar-refractivity contribution in [3.63, 3.8) is 0 Å². The van der Waals surface area contributed by atoms with Crippen LogP contribution in [0.25, 0.3) is 0 Å². The molecular formula is C6H10FO. The summed E-state index contributed by atoms with van der Waals surface area (Å²) >= 11 is 0. The molecule has 0 rings (SSSR count). The summed E-state index contributed by atoms with van der Waals surface area (Å²) in [6, 6.07) is -1.31. The standard InChI is InChI=1S/C6H10FO/c1-2-3-4-5-6(7)8/h5H,2-4H2,1H3/b6-5+. The SMILES string of the molecule is CCCC/C=C(/[O])F. The third-order valence-electron chi connectivity index (χ3n) is 0.863. The Morgan fingerprint density at radius 1 is 1.75 bits per heavy atom. The highest BCUT2D eigenvalue weighted by atomic mass is 19.1. The zero-order valence-corrected chi connectivity index (χ0v) is 4.98. The van der Waals surface area contributed by atoms with Crippen molar-refractivity contribution in [1.29, 1.82) is 0 Å². The van der Waals surface area contributed by atoms with Gasteiger partial charge in [-0.1, -0.05) is 13.3 Å². The molecule has 0 aromatic rings. The van der Waals surface area contributed by atoms with Crippen molar-refractivity contribution in [3.05, 3.63) is 12.1 Å². The van der Waals surface area contributed by atoms with Crippen LogP contribution < -0.4 is 0 Å². The van der Waals surface area contributed by atoms with Crippen molar-refractivity contribution in [3.8, 4) is 0 Å². The van der Waals surface area contributed by atoms with E-state index in [0.29, 0.717) is 6.42 Å². The van der Waals surface area contributed by atoms with E-state index >= 15 is 0 Å². The van der Waals surface area contributed by atoms with Crippen LogP contribution in [0, 0.1) is 0 Å². The van der Waals surface area contributed by atoms with Crippen LogP contribution in [0.3, 0.4) is 0 Å². The van der Waals surface area contributed by atoms with E-state index in [1.165, 1.54) is 0 Å². The Morgan fingerprint density at radius 2 is 2.38 bits per heavy atom. The second-order valence-corrected chi connectivity index (χ2v) is 1.65. The van der Waals surface area contributed by atoms with E-state index in [9.17, 15) is 9.50 Å². The highest BCUT2D eigenvalue weighted by molar-refractivity contribution is 4.78. The van der Waals surface area contributed by atoms with E-state index < -0.39 is 6.01 Å². The lowest BCUT2D eigenvalue weighted by molar-refractivity contribution is 0.197. The average Bonchev–Trinajstić information content (AvgIpc) is 1.66. The smallest absolute Gasteiger partial charge is 0.256 e. The molecular weight excluding hydrogens is 107 g/mol. The molecule has 0 aliphatic rings. The van der Waals surface area contributed by atoms with Gasteiger partial charge in [-0.3, -0.25) is 5.11 Å². The molecule has 0 N–H and O–H groups in total. The summed E-state index contributed by atoms with van der Waals surface area (Å²) < 4.78 is 11.3. The molecule has 0 aliphatic carbocycles. The molecule has 0 amide bonds. The fraction of sp³-hybridized carbons (Fsp3) is 0.667. The minimum Gasteiger partial charge on any atom is -0.256 e. The van der Waals surface area contributed by atoms with Gasteiger partial charge in [0, 0.05) is 0 Å². The highest BCUT2D eigenvalue weighted by Crippen LogP contribution is 1.98. The van der Waals surface area contributed by atoms with E-state index in [1.54, 1.807) is 0 Å². The Morgan fingerprint density at radius 3 is 2.75 bits per heavy atom. The molecule has 0 atom stereocenters. The van der Waals surface area contributed by atoms with Crippen LogP contribution in [0.5, 0.6) is 0 Å². The zero-order valence-electron chi connectivity index (χ0n) is 4.98. The first kappa shape index (κ1) is 7.47. The molecule has 2 heteroatoms. The molecule has 0 fully saturated rings. The molecule has 1 radical (unpaired) electrons. The fourth-order valence-corrected chi connectivity index (χ4v) is 0.420. The Kier molecular flexibility index (Phi) is 4.32. The van der Waals surface area contributed by atoms with Gasteiger partial charge in [0.2, 0.25) is 0 Å². The van der Waals surface area contributed by atoms with Crippen LogP contribution in [0.1, 0.15) is 26.2 Å². The lowest BCUT2D eigenvalue weighted by Gasteiger charge is -1.84. The van der Waals surface area contributed by atoms with Gasteiger partial charge < -0.3 is 0 Å². The number of allylic oxidation sites excluding steroid dienone is 1. The van der Waals surface area contributed by atoms with Crippen LogP contribution in [-0.2, 0) is 5.11 Å². The van der Waals surface area contributed by atoms with Gasteiger partial charge in [0.05, 0.1) is 0 Å². The summed E-state index contributed by atoms with van der Waals surface area (Å²) in [7, 11) is 0. The van der Waals surface area contributed by atoms with Crippen LogP contribution in [-0.4, -0.2) is 0 Å². The number of halogens is 1. The normalized spacial score (nSPS) is 12.0.